The summed E-state index contributed by atoms with van der Waals surface area (Å²) < 4.78 is 44.2. The van der Waals surface area contributed by atoms with Crippen molar-refractivity contribution in [2.75, 3.05) is 46.8 Å². The smallest absolute Gasteiger partial charge is 0.255 e. The molecule has 1 amide bonds. The van der Waals surface area contributed by atoms with Gasteiger partial charge < -0.3 is 19.1 Å². The zero-order valence-electron chi connectivity index (χ0n) is 17.7. The van der Waals surface area contributed by atoms with Crippen LogP contribution in [0.25, 0.3) is 0 Å². The number of carbonyl (C=O) groups excluding carboxylic acids is 1. The van der Waals surface area contributed by atoms with Crippen LogP contribution in [0, 0.1) is 0 Å². The standard InChI is InChI=1S/C21H26N2O6S2/c1-27-18-6-4-15(12-19(18)28-2)14-22-31(25,26)16-5-7-20(30-3)17(13-16)21(24)23-8-10-29-11-9-23/h4-7,12-13,22H,8-11,14H2,1-3H3. The Hall–Kier alpha value is -2.27. The second-order valence-electron chi connectivity index (χ2n) is 6.78. The number of benzene rings is 2. The summed E-state index contributed by atoms with van der Waals surface area (Å²) in [5, 5.41) is 0. The lowest BCUT2D eigenvalue weighted by molar-refractivity contribution is 0.0300. The maximum absolute atomic E-state index is 13.0. The van der Waals surface area contributed by atoms with Crippen LogP contribution in [0.2, 0.25) is 0 Å². The predicted octanol–water partition coefficient (Wildman–Crippen LogP) is 2.38. The molecule has 1 aliphatic heterocycles. The fourth-order valence-corrected chi connectivity index (χ4v) is 4.82. The fourth-order valence-electron chi connectivity index (χ4n) is 3.21. The molecule has 1 N–H and O–H groups in total. The van der Waals surface area contributed by atoms with E-state index in [1.54, 1.807) is 29.2 Å². The average Bonchev–Trinajstić information content (AvgIpc) is 2.82. The molecule has 1 fully saturated rings. The topological polar surface area (TPSA) is 94.2 Å². The van der Waals surface area contributed by atoms with Gasteiger partial charge in [0.2, 0.25) is 10.0 Å². The van der Waals surface area contributed by atoms with Gasteiger partial charge in [0.05, 0.1) is 37.9 Å². The van der Waals surface area contributed by atoms with Crippen LogP contribution in [0.3, 0.4) is 0 Å². The van der Waals surface area contributed by atoms with Crippen LogP contribution in [0.4, 0.5) is 0 Å². The molecule has 10 heteroatoms. The Morgan fingerprint density at radius 3 is 2.45 bits per heavy atom. The van der Waals surface area contributed by atoms with Gasteiger partial charge in [0.15, 0.2) is 11.5 Å². The summed E-state index contributed by atoms with van der Waals surface area (Å²) in [4.78, 5) is 15.4. The summed E-state index contributed by atoms with van der Waals surface area (Å²) in [5.41, 5.74) is 1.09. The van der Waals surface area contributed by atoms with E-state index in [0.29, 0.717) is 48.9 Å². The maximum Gasteiger partial charge on any atom is 0.255 e. The highest BCUT2D eigenvalue weighted by atomic mass is 32.2. The van der Waals surface area contributed by atoms with E-state index in [-0.39, 0.29) is 17.3 Å². The highest BCUT2D eigenvalue weighted by Gasteiger charge is 2.24. The van der Waals surface area contributed by atoms with E-state index in [2.05, 4.69) is 4.72 Å². The first-order valence-electron chi connectivity index (χ1n) is 9.65. The number of hydrogen-bond acceptors (Lipinski definition) is 7. The minimum atomic E-state index is -3.83. The summed E-state index contributed by atoms with van der Waals surface area (Å²) in [6.45, 7) is 2.00. The number of ether oxygens (including phenoxy) is 3. The van der Waals surface area contributed by atoms with Gasteiger partial charge in [-0.25, -0.2) is 13.1 Å². The minimum Gasteiger partial charge on any atom is -0.493 e. The number of morpholine rings is 1. The second kappa shape index (κ2) is 10.4. The zero-order chi connectivity index (χ0) is 22.4. The first kappa shape index (κ1) is 23.4. The van der Waals surface area contributed by atoms with Crippen LogP contribution in [0.15, 0.2) is 46.2 Å². The molecule has 0 aromatic heterocycles. The van der Waals surface area contributed by atoms with Crippen LogP contribution in [0.1, 0.15) is 15.9 Å². The Kier molecular flexibility index (Phi) is 7.82. The number of sulfonamides is 1. The quantitative estimate of drug-likeness (QED) is 0.597. The van der Waals surface area contributed by atoms with E-state index in [0.717, 1.165) is 4.90 Å². The first-order chi connectivity index (χ1) is 14.9. The molecule has 1 saturated heterocycles. The number of nitrogens with zero attached hydrogens (tertiary/aromatic N) is 1. The van der Waals surface area contributed by atoms with Gasteiger partial charge in [-0.15, -0.1) is 11.8 Å². The molecule has 0 spiro atoms. The lowest BCUT2D eigenvalue weighted by atomic mass is 10.2. The van der Waals surface area contributed by atoms with E-state index in [9.17, 15) is 13.2 Å². The third kappa shape index (κ3) is 5.51. The van der Waals surface area contributed by atoms with Crippen molar-refractivity contribution in [2.24, 2.45) is 0 Å². The largest absolute Gasteiger partial charge is 0.493 e. The van der Waals surface area contributed by atoms with Gasteiger partial charge in [0.1, 0.15) is 0 Å². The number of methoxy groups -OCH3 is 2. The summed E-state index contributed by atoms with van der Waals surface area (Å²) in [7, 11) is -0.776. The van der Waals surface area contributed by atoms with Gasteiger partial charge in [-0.1, -0.05) is 6.07 Å². The van der Waals surface area contributed by atoms with Crippen molar-refractivity contribution in [1.29, 1.82) is 0 Å². The second-order valence-corrected chi connectivity index (χ2v) is 9.40. The van der Waals surface area contributed by atoms with E-state index in [1.807, 2.05) is 6.26 Å². The van der Waals surface area contributed by atoms with Crippen LogP contribution >= 0.6 is 11.8 Å². The monoisotopic (exact) mass is 466 g/mol. The van der Waals surface area contributed by atoms with Gasteiger partial charge in [-0.2, -0.15) is 0 Å². The third-order valence-corrected chi connectivity index (χ3v) is 7.12. The Labute approximate surface area is 186 Å². The normalized spacial score (nSPS) is 14.4. The Bertz CT molecular complexity index is 1040. The van der Waals surface area contributed by atoms with Crippen LogP contribution in [-0.2, 0) is 21.3 Å². The third-order valence-electron chi connectivity index (χ3n) is 4.92. The minimum absolute atomic E-state index is 0.0439. The molecular weight excluding hydrogens is 440 g/mol. The highest BCUT2D eigenvalue weighted by Crippen LogP contribution is 2.28. The van der Waals surface area contributed by atoms with Crippen molar-refractivity contribution in [2.45, 2.75) is 16.3 Å². The summed E-state index contributed by atoms with van der Waals surface area (Å²) >= 11 is 1.41. The van der Waals surface area contributed by atoms with Crippen LogP contribution < -0.4 is 14.2 Å². The van der Waals surface area contributed by atoms with Gasteiger partial charge >= 0.3 is 0 Å². The molecule has 2 aromatic carbocycles. The van der Waals surface area contributed by atoms with Crippen molar-refractivity contribution in [3.05, 3.63) is 47.5 Å². The number of thioether (sulfide) groups is 1. The predicted molar refractivity (Wildman–Crippen MR) is 119 cm³/mol. The lowest BCUT2D eigenvalue weighted by Crippen LogP contribution is -2.41. The van der Waals surface area contributed by atoms with Gasteiger partial charge in [0, 0.05) is 24.5 Å². The summed E-state index contributed by atoms with van der Waals surface area (Å²) in [5.74, 6) is 0.888. The number of hydrogen-bond donors (Lipinski definition) is 1. The highest BCUT2D eigenvalue weighted by molar-refractivity contribution is 7.98. The number of carbonyl (C=O) groups is 1. The summed E-state index contributed by atoms with van der Waals surface area (Å²) in [6.07, 6.45) is 1.86. The van der Waals surface area contributed by atoms with Crippen LogP contribution in [0.5, 0.6) is 11.5 Å². The van der Waals surface area contributed by atoms with Gasteiger partial charge in [-0.3, -0.25) is 4.79 Å². The van der Waals surface area contributed by atoms with Crippen molar-refractivity contribution in [3.63, 3.8) is 0 Å². The van der Waals surface area contributed by atoms with Crippen molar-refractivity contribution in [3.8, 4) is 11.5 Å². The molecular formula is C21H26N2O6S2. The molecule has 0 saturated carbocycles. The number of rotatable bonds is 8. The number of nitrogens with one attached hydrogen (secondary N) is 1. The van der Waals surface area contributed by atoms with E-state index in [1.165, 1.54) is 38.1 Å². The molecule has 0 bridgehead atoms. The molecule has 0 radical (unpaired) electrons. The molecule has 3 rings (SSSR count). The zero-order valence-corrected chi connectivity index (χ0v) is 19.3. The van der Waals surface area contributed by atoms with Gasteiger partial charge in [-0.05, 0) is 42.2 Å². The molecule has 0 aliphatic carbocycles. The lowest BCUT2D eigenvalue weighted by Gasteiger charge is -2.27. The number of amides is 1. The van der Waals surface area contributed by atoms with E-state index >= 15 is 0 Å². The molecule has 8 nitrogen and oxygen atoms in total. The fraction of sp³-hybridized carbons (Fsp3) is 0.381. The molecule has 1 heterocycles. The van der Waals surface area contributed by atoms with Crippen molar-refractivity contribution in [1.82, 2.24) is 9.62 Å². The molecule has 31 heavy (non-hydrogen) atoms. The SMILES string of the molecule is COc1ccc(CNS(=O)(=O)c2ccc(SC)c(C(=O)N3CCOCC3)c2)cc1OC. The van der Waals surface area contributed by atoms with Crippen molar-refractivity contribution < 1.29 is 27.4 Å². The molecule has 0 unspecified atom stereocenters. The Balaban J connectivity index is 1.81. The Morgan fingerprint density at radius 1 is 1.10 bits per heavy atom. The molecule has 0 atom stereocenters. The van der Waals surface area contributed by atoms with Gasteiger partial charge in [0.25, 0.3) is 5.91 Å². The van der Waals surface area contributed by atoms with Crippen molar-refractivity contribution >= 4 is 27.7 Å². The Morgan fingerprint density at radius 2 is 1.81 bits per heavy atom. The van der Waals surface area contributed by atoms with E-state index in [4.69, 9.17) is 14.2 Å². The molecule has 2 aromatic rings. The van der Waals surface area contributed by atoms with E-state index < -0.39 is 10.0 Å². The molecule has 1 aliphatic rings. The average molecular weight is 467 g/mol. The summed E-state index contributed by atoms with van der Waals surface area (Å²) in [6, 6.07) is 9.82. The first-order valence-corrected chi connectivity index (χ1v) is 12.4. The van der Waals surface area contributed by atoms with Crippen LogP contribution in [-0.4, -0.2) is 66.0 Å². The molecule has 168 valence electrons. The maximum atomic E-state index is 13.0.